The van der Waals surface area contributed by atoms with E-state index in [4.69, 9.17) is 5.73 Å². The number of aromatic nitrogens is 2. The third kappa shape index (κ3) is 3.00. The first-order chi connectivity index (χ1) is 16.5. The van der Waals surface area contributed by atoms with Crippen LogP contribution < -0.4 is 11.4 Å². The van der Waals surface area contributed by atoms with Crippen molar-refractivity contribution in [3.05, 3.63) is 76.2 Å². The second kappa shape index (κ2) is 7.74. The second-order valence-electron chi connectivity index (χ2n) is 9.59. The van der Waals surface area contributed by atoms with Gasteiger partial charge in [-0.15, -0.1) is 0 Å². The summed E-state index contributed by atoms with van der Waals surface area (Å²) in [5, 5.41) is 12.4. The zero-order valence-corrected chi connectivity index (χ0v) is 19.1. The van der Waals surface area contributed by atoms with Gasteiger partial charge in [0.1, 0.15) is 11.8 Å². The number of amides is 1. The molecule has 3 aromatic carbocycles. The van der Waals surface area contributed by atoms with Gasteiger partial charge in [-0.1, -0.05) is 36.4 Å². The Kier molecular flexibility index (Phi) is 4.78. The Balaban J connectivity index is 1.30. The quantitative estimate of drug-likeness (QED) is 0.490. The summed E-state index contributed by atoms with van der Waals surface area (Å²) in [6.45, 7) is 3.44. The molecule has 0 radical (unpaired) electrons. The van der Waals surface area contributed by atoms with Crippen molar-refractivity contribution >= 4 is 27.7 Å². The molecule has 1 aliphatic carbocycles. The standard InChI is InChI=1S/C27H28N4O3/c1-16(26(28)33)30-21-7-2-3-8-22(21)31(27(30)34)18-11-13-29(14-12-18)23-15-17-9-10-24(32)20-6-4-5-19(23)25(17)20/h2-10,16,18,23,32H,11-15H2,1H3,(H2,28,33). The SMILES string of the molecule is CC(C(N)=O)n1c(=O)n(C2CCN(C3Cc4ccc(O)c5cccc3c45)CC2)c2ccccc21. The van der Waals surface area contributed by atoms with Crippen molar-refractivity contribution in [3.63, 3.8) is 0 Å². The van der Waals surface area contributed by atoms with Crippen molar-refractivity contribution in [1.29, 1.82) is 0 Å². The van der Waals surface area contributed by atoms with Crippen molar-refractivity contribution in [2.45, 2.75) is 44.3 Å². The number of rotatable bonds is 4. The Labute approximate surface area is 197 Å². The normalized spacial score (nSPS) is 19.7. The molecular weight excluding hydrogens is 428 g/mol. The topological polar surface area (TPSA) is 93.5 Å². The number of carbonyl (C=O) groups excluding carboxylic acids is 1. The molecule has 0 spiro atoms. The van der Waals surface area contributed by atoms with Crippen LogP contribution in [0.15, 0.2) is 59.4 Å². The number of phenolic OH excluding ortho intramolecular Hbond substituents is 1. The van der Waals surface area contributed by atoms with Gasteiger partial charge in [0, 0.05) is 30.6 Å². The molecule has 2 aliphatic rings. The molecule has 7 heteroatoms. The minimum Gasteiger partial charge on any atom is -0.507 e. The maximum absolute atomic E-state index is 13.5. The average molecular weight is 457 g/mol. The van der Waals surface area contributed by atoms with Crippen LogP contribution in [0.4, 0.5) is 0 Å². The molecule has 1 aromatic heterocycles. The Morgan fingerprint density at radius 2 is 1.76 bits per heavy atom. The molecule has 6 rings (SSSR count). The van der Waals surface area contributed by atoms with Gasteiger partial charge in [-0.25, -0.2) is 4.79 Å². The minimum atomic E-state index is -0.701. The van der Waals surface area contributed by atoms with Crippen LogP contribution >= 0.6 is 0 Å². The third-order valence-corrected chi connectivity index (χ3v) is 7.83. The summed E-state index contributed by atoms with van der Waals surface area (Å²) in [5.41, 5.74) is 9.56. The van der Waals surface area contributed by atoms with Crippen LogP contribution in [-0.2, 0) is 11.2 Å². The summed E-state index contributed by atoms with van der Waals surface area (Å²) in [5.74, 6) is -0.179. The van der Waals surface area contributed by atoms with E-state index in [-0.39, 0.29) is 17.8 Å². The number of imidazole rings is 1. The first kappa shape index (κ1) is 21.0. The minimum absolute atomic E-state index is 0.0681. The van der Waals surface area contributed by atoms with Gasteiger partial charge in [-0.2, -0.15) is 0 Å². The molecule has 1 saturated heterocycles. The fourth-order valence-electron chi connectivity index (χ4n) is 6.09. The lowest BCUT2D eigenvalue weighted by Gasteiger charge is -2.36. The molecule has 7 nitrogen and oxygen atoms in total. The van der Waals surface area contributed by atoms with Crippen LogP contribution in [0.5, 0.6) is 5.75 Å². The number of likely N-dealkylation sites (tertiary alicyclic amines) is 1. The number of phenols is 1. The van der Waals surface area contributed by atoms with Crippen LogP contribution in [0.25, 0.3) is 21.8 Å². The largest absolute Gasteiger partial charge is 0.507 e. The van der Waals surface area contributed by atoms with Crippen molar-refractivity contribution in [1.82, 2.24) is 14.0 Å². The number of benzene rings is 3. The van der Waals surface area contributed by atoms with E-state index in [9.17, 15) is 14.7 Å². The highest BCUT2D eigenvalue weighted by molar-refractivity contribution is 5.95. The van der Waals surface area contributed by atoms with Crippen molar-refractivity contribution in [3.8, 4) is 5.75 Å². The zero-order chi connectivity index (χ0) is 23.6. The number of aromatic hydroxyl groups is 1. The van der Waals surface area contributed by atoms with Gasteiger partial charge >= 0.3 is 5.69 Å². The molecular formula is C27H28N4O3. The van der Waals surface area contributed by atoms with E-state index >= 15 is 0 Å². The lowest BCUT2D eigenvalue weighted by molar-refractivity contribution is -0.120. The first-order valence-electron chi connectivity index (χ1n) is 11.9. The molecule has 34 heavy (non-hydrogen) atoms. The van der Waals surface area contributed by atoms with Gasteiger partial charge in [0.15, 0.2) is 0 Å². The summed E-state index contributed by atoms with van der Waals surface area (Å²) in [7, 11) is 0. The molecule has 1 amide bonds. The summed E-state index contributed by atoms with van der Waals surface area (Å²) in [6, 6.07) is 17.3. The van der Waals surface area contributed by atoms with E-state index < -0.39 is 11.9 Å². The number of primary amides is 1. The van der Waals surface area contributed by atoms with Crippen LogP contribution in [-0.4, -0.2) is 38.1 Å². The van der Waals surface area contributed by atoms with E-state index in [0.29, 0.717) is 5.75 Å². The molecule has 3 N–H and O–H groups in total. The van der Waals surface area contributed by atoms with Crippen LogP contribution in [0, 0.1) is 0 Å². The molecule has 2 atom stereocenters. The fourth-order valence-corrected chi connectivity index (χ4v) is 6.09. The number of para-hydroxylation sites is 2. The Morgan fingerprint density at radius 1 is 1.03 bits per heavy atom. The van der Waals surface area contributed by atoms with Gasteiger partial charge in [-0.3, -0.25) is 18.8 Å². The van der Waals surface area contributed by atoms with E-state index in [1.54, 1.807) is 13.0 Å². The third-order valence-electron chi connectivity index (χ3n) is 7.83. The number of hydrogen-bond donors (Lipinski definition) is 2. The predicted octanol–water partition coefficient (Wildman–Crippen LogP) is 3.64. The molecule has 2 unspecified atom stereocenters. The van der Waals surface area contributed by atoms with E-state index in [1.807, 2.05) is 47.0 Å². The van der Waals surface area contributed by atoms with E-state index in [0.717, 1.165) is 48.8 Å². The Bertz CT molecular complexity index is 1490. The highest BCUT2D eigenvalue weighted by Crippen LogP contribution is 2.44. The summed E-state index contributed by atoms with van der Waals surface area (Å²) >= 11 is 0. The maximum Gasteiger partial charge on any atom is 0.330 e. The van der Waals surface area contributed by atoms with Gasteiger partial charge in [0.05, 0.1) is 11.0 Å². The average Bonchev–Trinajstić information content (AvgIpc) is 3.37. The van der Waals surface area contributed by atoms with Gasteiger partial charge in [0.2, 0.25) is 5.91 Å². The van der Waals surface area contributed by atoms with E-state index in [2.05, 4.69) is 11.0 Å². The number of piperidine rings is 1. The highest BCUT2D eigenvalue weighted by atomic mass is 16.3. The summed E-state index contributed by atoms with van der Waals surface area (Å²) in [6.07, 6.45) is 2.65. The molecule has 4 aromatic rings. The van der Waals surface area contributed by atoms with Gasteiger partial charge in [-0.05, 0) is 60.9 Å². The molecule has 1 aliphatic heterocycles. The lowest BCUT2D eigenvalue weighted by atomic mass is 9.99. The second-order valence-corrected chi connectivity index (χ2v) is 9.59. The number of hydrogen-bond acceptors (Lipinski definition) is 4. The predicted molar refractivity (Wildman–Crippen MR) is 132 cm³/mol. The molecule has 0 saturated carbocycles. The van der Waals surface area contributed by atoms with Crippen molar-refractivity contribution in [2.75, 3.05) is 13.1 Å². The molecule has 1 fully saturated rings. The number of nitrogens with zero attached hydrogens (tertiary/aromatic N) is 3. The van der Waals surface area contributed by atoms with Gasteiger partial charge < -0.3 is 10.8 Å². The molecule has 0 bridgehead atoms. The zero-order valence-electron chi connectivity index (χ0n) is 19.1. The molecule has 2 heterocycles. The van der Waals surface area contributed by atoms with Crippen LogP contribution in [0.1, 0.15) is 49.0 Å². The smallest absolute Gasteiger partial charge is 0.330 e. The van der Waals surface area contributed by atoms with Crippen LogP contribution in [0.2, 0.25) is 0 Å². The maximum atomic E-state index is 13.5. The van der Waals surface area contributed by atoms with Crippen molar-refractivity contribution in [2.24, 2.45) is 5.73 Å². The summed E-state index contributed by atoms with van der Waals surface area (Å²) in [4.78, 5) is 27.9. The highest BCUT2D eigenvalue weighted by Gasteiger charge is 2.34. The van der Waals surface area contributed by atoms with Gasteiger partial charge in [0.25, 0.3) is 0 Å². The number of carbonyl (C=O) groups is 1. The Morgan fingerprint density at radius 3 is 2.50 bits per heavy atom. The van der Waals surface area contributed by atoms with Crippen molar-refractivity contribution < 1.29 is 9.90 Å². The van der Waals surface area contributed by atoms with Crippen LogP contribution in [0.3, 0.4) is 0 Å². The number of fused-ring (bicyclic) bond motifs is 1. The first-order valence-corrected chi connectivity index (χ1v) is 11.9. The monoisotopic (exact) mass is 456 g/mol. The Hall–Kier alpha value is -3.58. The summed E-state index contributed by atoms with van der Waals surface area (Å²) < 4.78 is 3.40. The van der Waals surface area contributed by atoms with E-state index in [1.165, 1.54) is 21.1 Å². The fraction of sp³-hybridized carbons (Fsp3) is 0.333. The lowest BCUT2D eigenvalue weighted by Crippen LogP contribution is -2.40. The molecule has 174 valence electrons. The number of nitrogens with two attached hydrogens (primary N) is 1.